The van der Waals surface area contributed by atoms with E-state index in [-0.39, 0.29) is 5.92 Å². The first-order chi connectivity index (χ1) is 28.7. The molecule has 0 radical (unpaired) electrons. The van der Waals surface area contributed by atoms with Crippen LogP contribution in [-0.4, -0.2) is 0 Å². The predicted molar refractivity (Wildman–Crippen MR) is 244 cm³/mol. The lowest BCUT2D eigenvalue weighted by molar-refractivity contribution is 0.670. The van der Waals surface area contributed by atoms with Gasteiger partial charge in [-0.3, -0.25) is 0 Å². The van der Waals surface area contributed by atoms with Crippen LogP contribution >= 0.6 is 0 Å². The fraction of sp³-hybridized carbons (Fsp3) is 0.0175. The van der Waals surface area contributed by atoms with Crippen molar-refractivity contribution in [3.63, 3.8) is 0 Å². The minimum atomic E-state index is 0.0237. The van der Waals surface area contributed by atoms with Crippen LogP contribution in [0, 0.1) is 0 Å². The molecule has 10 aromatic carbocycles. The van der Waals surface area contributed by atoms with Gasteiger partial charge >= 0.3 is 0 Å². The normalized spacial score (nSPS) is 11.6. The summed E-state index contributed by atoms with van der Waals surface area (Å²) in [6.07, 6.45) is 0. The molecular weight excluding hydrogens is 701 g/mol. The molecule has 11 rings (SSSR count). The van der Waals surface area contributed by atoms with E-state index >= 15 is 0 Å². The van der Waals surface area contributed by atoms with E-state index in [1.54, 1.807) is 0 Å². The average molecular weight is 739 g/mol. The standard InChI is InChI=1S/C57H38O/c1-3-20-48-38(12-1)14-9-23-50(48)40-28-32-42(33-29-40)56(43-34-30-41(31-35-43)51-24-10-15-39-13-2-4-21-49(39)51)47-19-8-17-45(37-47)44-16-7-18-46(36-44)52-25-11-26-54-53-22-5-6-27-55(53)58-57(52)54/h1-37,56H. The molecule has 1 aromatic heterocycles. The zero-order valence-electron chi connectivity index (χ0n) is 31.8. The van der Waals surface area contributed by atoms with Gasteiger partial charge in [-0.2, -0.15) is 0 Å². The Morgan fingerprint density at radius 2 is 0.741 bits per heavy atom. The number of furan rings is 1. The van der Waals surface area contributed by atoms with E-state index in [1.807, 2.05) is 12.1 Å². The highest BCUT2D eigenvalue weighted by atomic mass is 16.3. The third-order valence-electron chi connectivity index (χ3n) is 11.8. The third kappa shape index (κ3) is 5.97. The Morgan fingerprint density at radius 1 is 0.276 bits per heavy atom. The highest BCUT2D eigenvalue weighted by Crippen LogP contribution is 2.40. The van der Waals surface area contributed by atoms with Crippen LogP contribution in [0.1, 0.15) is 22.6 Å². The lowest BCUT2D eigenvalue weighted by atomic mass is 9.82. The Labute approximate surface area is 338 Å². The van der Waals surface area contributed by atoms with Gasteiger partial charge in [0.25, 0.3) is 0 Å². The van der Waals surface area contributed by atoms with Crippen LogP contribution in [0.15, 0.2) is 229 Å². The molecule has 0 bridgehead atoms. The molecule has 0 aliphatic heterocycles. The summed E-state index contributed by atoms with van der Waals surface area (Å²) in [4.78, 5) is 0. The Morgan fingerprint density at radius 3 is 1.40 bits per heavy atom. The number of para-hydroxylation sites is 2. The van der Waals surface area contributed by atoms with E-state index < -0.39 is 0 Å². The van der Waals surface area contributed by atoms with E-state index in [0.717, 1.165) is 33.1 Å². The Hall–Kier alpha value is -7.48. The van der Waals surface area contributed by atoms with E-state index in [1.165, 1.54) is 71.6 Å². The van der Waals surface area contributed by atoms with Gasteiger partial charge in [-0.05, 0) is 89.3 Å². The third-order valence-corrected chi connectivity index (χ3v) is 11.8. The first-order valence-electron chi connectivity index (χ1n) is 20.0. The number of hydrogen-bond donors (Lipinski definition) is 0. The van der Waals surface area contributed by atoms with Crippen LogP contribution in [0.3, 0.4) is 0 Å². The number of benzene rings is 10. The van der Waals surface area contributed by atoms with Gasteiger partial charge in [0.05, 0.1) is 0 Å². The van der Waals surface area contributed by atoms with Crippen LogP contribution < -0.4 is 0 Å². The Bertz CT molecular complexity index is 3140. The van der Waals surface area contributed by atoms with Crippen molar-refractivity contribution in [1.82, 2.24) is 0 Å². The van der Waals surface area contributed by atoms with Gasteiger partial charge < -0.3 is 4.42 Å². The summed E-state index contributed by atoms with van der Waals surface area (Å²) in [5.74, 6) is 0.0237. The second kappa shape index (κ2) is 14.2. The maximum atomic E-state index is 6.45. The topological polar surface area (TPSA) is 13.1 Å². The summed E-state index contributed by atoms with van der Waals surface area (Å²) in [6.45, 7) is 0. The first-order valence-corrected chi connectivity index (χ1v) is 20.0. The van der Waals surface area contributed by atoms with Crippen LogP contribution in [0.2, 0.25) is 0 Å². The van der Waals surface area contributed by atoms with Crippen LogP contribution in [0.25, 0.3) is 88.0 Å². The molecule has 58 heavy (non-hydrogen) atoms. The molecule has 1 nitrogen and oxygen atoms in total. The van der Waals surface area contributed by atoms with Crippen molar-refractivity contribution in [2.75, 3.05) is 0 Å². The van der Waals surface area contributed by atoms with Gasteiger partial charge in [-0.25, -0.2) is 0 Å². The zero-order chi connectivity index (χ0) is 38.4. The van der Waals surface area contributed by atoms with Gasteiger partial charge in [0.15, 0.2) is 0 Å². The van der Waals surface area contributed by atoms with Crippen LogP contribution in [0.5, 0.6) is 0 Å². The monoisotopic (exact) mass is 738 g/mol. The molecule has 0 atom stereocenters. The first kappa shape index (κ1) is 33.8. The average Bonchev–Trinajstić information content (AvgIpc) is 3.69. The quantitative estimate of drug-likeness (QED) is 0.148. The molecule has 0 aliphatic carbocycles. The second-order valence-electron chi connectivity index (χ2n) is 15.2. The molecule has 1 heteroatoms. The minimum absolute atomic E-state index is 0.0237. The van der Waals surface area contributed by atoms with Crippen molar-refractivity contribution in [2.24, 2.45) is 0 Å². The maximum absolute atomic E-state index is 6.45. The largest absolute Gasteiger partial charge is 0.455 e. The van der Waals surface area contributed by atoms with E-state index in [0.29, 0.717) is 0 Å². The maximum Gasteiger partial charge on any atom is 0.143 e. The summed E-state index contributed by atoms with van der Waals surface area (Å²) in [7, 11) is 0. The fourth-order valence-electron chi connectivity index (χ4n) is 8.98. The predicted octanol–water partition coefficient (Wildman–Crippen LogP) is 15.7. The van der Waals surface area contributed by atoms with Gasteiger partial charge in [0, 0.05) is 22.3 Å². The van der Waals surface area contributed by atoms with Crippen molar-refractivity contribution in [3.8, 4) is 44.5 Å². The van der Waals surface area contributed by atoms with Crippen LogP contribution in [0.4, 0.5) is 0 Å². The molecule has 0 saturated heterocycles. The molecule has 0 aliphatic rings. The molecule has 272 valence electrons. The van der Waals surface area contributed by atoms with E-state index in [9.17, 15) is 0 Å². The Balaban J connectivity index is 1.01. The number of hydrogen-bond acceptors (Lipinski definition) is 1. The summed E-state index contributed by atoms with van der Waals surface area (Å²) in [5.41, 5.74) is 15.1. The zero-order valence-corrected chi connectivity index (χ0v) is 31.8. The smallest absolute Gasteiger partial charge is 0.143 e. The van der Waals surface area contributed by atoms with Crippen molar-refractivity contribution in [3.05, 3.63) is 241 Å². The SMILES string of the molecule is c1cc(-c2cccc(C(c3ccc(-c4cccc5ccccc45)cc3)c3ccc(-c4cccc5ccccc45)cc3)c2)cc(-c2cccc3c2oc2ccccc23)c1. The fourth-order valence-corrected chi connectivity index (χ4v) is 8.98. The number of rotatable bonds is 7. The summed E-state index contributed by atoms with van der Waals surface area (Å²) >= 11 is 0. The van der Waals surface area contributed by atoms with Crippen LogP contribution in [-0.2, 0) is 0 Å². The molecule has 0 amide bonds. The minimum Gasteiger partial charge on any atom is -0.455 e. The van der Waals surface area contributed by atoms with Gasteiger partial charge in [0.1, 0.15) is 11.2 Å². The lowest BCUT2D eigenvalue weighted by Crippen LogP contribution is -2.04. The highest BCUT2D eigenvalue weighted by Gasteiger charge is 2.19. The molecular formula is C57H38O. The molecule has 0 fully saturated rings. The van der Waals surface area contributed by atoms with Crippen molar-refractivity contribution >= 4 is 43.5 Å². The van der Waals surface area contributed by atoms with Crippen molar-refractivity contribution in [2.45, 2.75) is 5.92 Å². The molecule has 0 saturated carbocycles. The molecule has 0 spiro atoms. The summed E-state index contributed by atoms with van der Waals surface area (Å²) in [6, 6.07) is 81.6. The van der Waals surface area contributed by atoms with Gasteiger partial charge in [-0.1, -0.05) is 212 Å². The molecule has 0 N–H and O–H groups in total. The van der Waals surface area contributed by atoms with Crippen molar-refractivity contribution in [1.29, 1.82) is 0 Å². The van der Waals surface area contributed by atoms with Crippen molar-refractivity contribution < 1.29 is 4.42 Å². The van der Waals surface area contributed by atoms with Gasteiger partial charge in [-0.15, -0.1) is 0 Å². The molecule has 0 unspecified atom stereocenters. The molecule has 11 aromatic rings. The summed E-state index contributed by atoms with van der Waals surface area (Å²) in [5, 5.41) is 7.33. The molecule has 1 heterocycles. The second-order valence-corrected chi connectivity index (χ2v) is 15.2. The van der Waals surface area contributed by atoms with E-state index in [2.05, 4.69) is 212 Å². The highest BCUT2D eigenvalue weighted by molar-refractivity contribution is 6.09. The lowest BCUT2D eigenvalue weighted by Gasteiger charge is -2.21. The number of fused-ring (bicyclic) bond motifs is 5. The Kier molecular flexibility index (Phi) is 8.30. The van der Waals surface area contributed by atoms with E-state index in [4.69, 9.17) is 4.42 Å². The summed E-state index contributed by atoms with van der Waals surface area (Å²) < 4.78 is 6.45. The van der Waals surface area contributed by atoms with Gasteiger partial charge in [0.2, 0.25) is 0 Å².